The van der Waals surface area contributed by atoms with Crippen LogP contribution in [0.5, 0.6) is 11.5 Å². The first kappa shape index (κ1) is 14.3. The Kier molecular flexibility index (Phi) is 4.32. The van der Waals surface area contributed by atoms with Crippen LogP contribution in [0.2, 0.25) is 0 Å². The molecule has 0 fully saturated rings. The first-order valence-corrected chi connectivity index (χ1v) is 6.03. The fraction of sp³-hybridized carbons (Fsp3) is 0. The summed E-state index contributed by atoms with van der Waals surface area (Å²) < 4.78 is 18.3. The average molecular weight is 282 g/mol. The Labute approximate surface area is 120 Å². The van der Waals surface area contributed by atoms with Gasteiger partial charge in [-0.05, 0) is 48.0 Å². The van der Waals surface area contributed by atoms with Gasteiger partial charge in [-0.2, -0.15) is 5.26 Å². The van der Waals surface area contributed by atoms with Crippen LogP contribution >= 0.6 is 0 Å². The number of hydrogen-bond acceptors (Lipinski definition) is 3. The summed E-state index contributed by atoms with van der Waals surface area (Å²) in [6, 6.07) is 14.1. The molecular formula is C16H11FN2O2. The maximum atomic E-state index is 12.8. The number of amides is 1. The molecule has 2 aromatic rings. The van der Waals surface area contributed by atoms with Crippen molar-refractivity contribution in [3.63, 3.8) is 0 Å². The van der Waals surface area contributed by atoms with Gasteiger partial charge in [0, 0.05) is 0 Å². The Hall–Kier alpha value is -3.13. The fourth-order valence-electron chi connectivity index (χ4n) is 1.60. The molecule has 0 spiro atoms. The van der Waals surface area contributed by atoms with E-state index in [9.17, 15) is 9.18 Å². The molecule has 2 N–H and O–H groups in total. The molecular weight excluding hydrogens is 271 g/mol. The van der Waals surface area contributed by atoms with E-state index in [1.165, 1.54) is 30.3 Å². The normalized spacial score (nSPS) is 10.8. The predicted octanol–water partition coefficient (Wildman–Crippen LogP) is 3.01. The maximum Gasteiger partial charge on any atom is 0.259 e. The molecule has 2 aromatic carbocycles. The van der Waals surface area contributed by atoms with E-state index in [1.807, 2.05) is 0 Å². The average Bonchev–Trinajstić information content (AvgIpc) is 2.48. The van der Waals surface area contributed by atoms with Gasteiger partial charge in [-0.25, -0.2) is 4.39 Å². The Morgan fingerprint density at radius 1 is 1.10 bits per heavy atom. The van der Waals surface area contributed by atoms with Crippen LogP contribution in [0.25, 0.3) is 6.08 Å². The summed E-state index contributed by atoms with van der Waals surface area (Å²) in [5.74, 6) is -0.0478. The molecule has 2 rings (SSSR count). The molecule has 21 heavy (non-hydrogen) atoms. The van der Waals surface area contributed by atoms with Crippen LogP contribution in [0.4, 0.5) is 4.39 Å². The Morgan fingerprint density at radius 2 is 1.62 bits per heavy atom. The van der Waals surface area contributed by atoms with E-state index < -0.39 is 5.91 Å². The van der Waals surface area contributed by atoms with Gasteiger partial charge in [0.25, 0.3) is 5.91 Å². The van der Waals surface area contributed by atoms with Crippen LogP contribution < -0.4 is 10.5 Å². The maximum absolute atomic E-state index is 12.8. The fourth-order valence-corrected chi connectivity index (χ4v) is 1.60. The molecule has 0 heterocycles. The molecule has 104 valence electrons. The molecule has 1 amide bonds. The molecule has 4 nitrogen and oxygen atoms in total. The van der Waals surface area contributed by atoms with Crippen molar-refractivity contribution in [2.75, 3.05) is 0 Å². The lowest BCUT2D eigenvalue weighted by Crippen LogP contribution is -2.12. The van der Waals surface area contributed by atoms with E-state index >= 15 is 0 Å². The van der Waals surface area contributed by atoms with Gasteiger partial charge in [0.2, 0.25) is 0 Å². The second-order valence-electron chi connectivity index (χ2n) is 4.16. The number of hydrogen-bond donors (Lipinski definition) is 1. The van der Waals surface area contributed by atoms with Crippen molar-refractivity contribution in [3.05, 3.63) is 65.5 Å². The highest BCUT2D eigenvalue weighted by molar-refractivity contribution is 6.00. The summed E-state index contributed by atoms with van der Waals surface area (Å²) in [5.41, 5.74) is 5.58. The van der Waals surface area contributed by atoms with Gasteiger partial charge < -0.3 is 10.5 Å². The van der Waals surface area contributed by atoms with E-state index in [2.05, 4.69) is 0 Å². The third-order valence-electron chi connectivity index (χ3n) is 2.63. The number of ether oxygens (including phenoxy) is 1. The van der Waals surface area contributed by atoms with Gasteiger partial charge in [0.1, 0.15) is 29.0 Å². The Balaban J connectivity index is 2.14. The molecule has 0 aromatic heterocycles. The second kappa shape index (κ2) is 6.35. The zero-order valence-electron chi connectivity index (χ0n) is 10.9. The minimum Gasteiger partial charge on any atom is -0.457 e. The van der Waals surface area contributed by atoms with Gasteiger partial charge in [-0.15, -0.1) is 0 Å². The van der Waals surface area contributed by atoms with E-state index in [1.54, 1.807) is 30.3 Å². The van der Waals surface area contributed by atoms with Crippen molar-refractivity contribution < 1.29 is 13.9 Å². The smallest absolute Gasteiger partial charge is 0.259 e. The van der Waals surface area contributed by atoms with Crippen molar-refractivity contribution in [2.45, 2.75) is 0 Å². The lowest BCUT2D eigenvalue weighted by molar-refractivity contribution is -0.114. The SMILES string of the molecule is N#C/C(=C/c1ccc(Oc2ccc(F)cc2)cc1)C(N)=O. The van der Waals surface area contributed by atoms with E-state index in [0.29, 0.717) is 17.1 Å². The highest BCUT2D eigenvalue weighted by Crippen LogP contribution is 2.22. The van der Waals surface area contributed by atoms with Gasteiger partial charge in [-0.3, -0.25) is 4.79 Å². The molecule has 5 heteroatoms. The standard InChI is InChI=1S/C16H11FN2O2/c17-13-3-7-15(8-4-13)21-14-5-1-11(2-6-14)9-12(10-18)16(19)20/h1-9H,(H2,19,20)/b12-9-. The zero-order chi connectivity index (χ0) is 15.2. The first-order valence-electron chi connectivity index (χ1n) is 6.03. The number of nitrogens with two attached hydrogens (primary N) is 1. The summed E-state index contributed by atoms with van der Waals surface area (Å²) in [4.78, 5) is 10.9. The Morgan fingerprint density at radius 3 is 2.10 bits per heavy atom. The molecule has 0 saturated carbocycles. The number of nitrogens with zero attached hydrogens (tertiary/aromatic N) is 1. The number of nitriles is 1. The van der Waals surface area contributed by atoms with Crippen molar-refractivity contribution in [1.29, 1.82) is 5.26 Å². The highest BCUT2D eigenvalue weighted by atomic mass is 19.1. The van der Waals surface area contributed by atoms with Crippen LogP contribution in [-0.4, -0.2) is 5.91 Å². The monoisotopic (exact) mass is 282 g/mol. The van der Waals surface area contributed by atoms with Gasteiger partial charge >= 0.3 is 0 Å². The number of rotatable bonds is 4. The summed E-state index contributed by atoms with van der Waals surface area (Å²) in [7, 11) is 0. The largest absolute Gasteiger partial charge is 0.457 e. The third kappa shape index (κ3) is 3.91. The summed E-state index contributed by atoms with van der Waals surface area (Å²) >= 11 is 0. The van der Waals surface area contributed by atoms with Crippen molar-refractivity contribution >= 4 is 12.0 Å². The number of carbonyl (C=O) groups excluding carboxylic acids is 1. The number of primary amides is 1. The van der Waals surface area contributed by atoms with Gasteiger partial charge in [0.15, 0.2) is 0 Å². The van der Waals surface area contributed by atoms with E-state index in [4.69, 9.17) is 15.7 Å². The molecule has 0 aliphatic heterocycles. The molecule has 0 aliphatic rings. The second-order valence-corrected chi connectivity index (χ2v) is 4.16. The number of halogens is 1. The number of benzene rings is 2. The molecule has 0 aliphatic carbocycles. The van der Waals surface area contributed by atoms with Crippen molar-refractivity contribution in [3.8, 4) is 17.6 Å². The molecule has 0 bridgehead atoms. The van der Waals surface area contributed by atoms with Crippen molar-refractivity contribution in [2.24, 2.45) is 5.73 Å². The minimum atomic E-state index is -0.774. The van der Waals surface area contributed by atoms with Crippen LogP contribution in [0.1, 0.15) is 5.56 Å². The zero-order valence-corrected chi connectivity index (χ0v) is 10.9. The predicted molar refractivity (Wildman–Crippen MR) is 75.7 cm³/mol. The van der Waals surface area contributed by atoms with Gasteiger partial charge in [-0.1, -0.05) is 12.1 Å². The van der Waals surface area contributed by atoms with Crippen LogP contribution in [-0.2, 0) is 4.79 Å². The van der Waals surface area contributed by atoms with Gasteiger partial charge in [0.05, 0.1) is 0 Å². The Bertz CT molecular complexity index is 713. The lowest BCUT2D eigenvalue weighted by atomic mass is 10.1. The summed E-state index contributed by atoms with van der Waals surface area (Å²) in [5, 5.41) is 8.76. The minimum absolute atomic E-state index is 0.123. The third-order valence-corrected chi connectivity index (χ3v) is 2.63. The highest BCUT2D eigenvalue weighted by Gasteiger charge is 2.03. The molecule has 0 unspecified atom stereocenters. The molecule has 0 saturated heterocycles. The quantitative estimate of drug-likeness (QED) is 0.691. The van der Waals surface area contributed by atoms with E-state index in [0.717, 1.165) is 0 Å². The van der Waals surface area contributed by atoms with Crippen LogP contribution in [0.15, 0.2) is 54.1 Å². The van der Waals surface area contributed by atoms with E-state index in [-0.39, 0.29) is 11.4 Å². The lowest BCUT2D eigenvalue weighted by Gasteiger charge is -2.05. The summed E-state index contributed by atoms with van der Waals surface area (Å²) in [6.07, 6.45) is 1.39. The number of carbonyl (C=O) groups is 1. The molecule has 0 atom stereocenters. The van der Waals surface area contributed by atoms with Crippen molar-refractivity contribution in [1.82, 2.24) is 0 Å². The van der Waals surface area contributed by atoms with Crippen LogP contribution in [0.3, 0.4) is 0 Å². The molecule has 0 radical (unpaired) electrons. The first-order chi connectivity index (χ1) is 10.1. The summed E-state index contributed by atoms with van der Waals surface area (Å²) in [6.45, 7) is 0. The van der Waals surface area contributed by atoms with Crippen LogP contribution in [0, 0.1) is 17.1 Å². The topological polar surface area (TPSA) is 76.1 Å².